The lowest BCUT2D eigenvalue weighted by atomic mass is 10.1. The quantitative estimate of drug-likeness (QED) is 0.438. The normalized spacial score (nSPS) is 14.9. The Bertz CT molecular complexity index is 698. The molecule has 0 saturated carbocycles. The number of non-ortho nitro benzene ring substituents is 1. The number of esters is 1. The summed E-state index contributed by atoms with van der Waals surface area (Å²) in [5.74, 6) is -1.22. The van der Waals surface area contributed by atoms with Crippen LogP contribution in [0.4, 0.5) is 5.69 Å². The molecule has 1 fully saturated rings. The first-order valence-electron chi connectivity index (χ1n) is 8.89. The molecule has 0 radical (unpaired) electrons. The van der Waals surface area contributed by atoms with Crippen molar-refractivity contribution >= 4 is 23.5 Å². The molecular weight excluding hydrogens is 354 g/mol. The molecule has 0 aliphatic carbocycles. The molecule has 2 amide bonds. The second-order valence-corrected chi connectivity index (χ2v) is 6.33. The molecule has 0 aromatic heterocycles. The van der Waals surface area contributed by atoms with E-state index in [-0.39, 0.29) is 30.1 Å². The largest absolute Gasteiger partial charge is 0.452 e. The lowest BCUT2D eigenvalue weighted by molar-refractivity contribution is -0.384. The summed E-state index contributed by atoms with van der Waals surface area (Å²) >= 11 is 0. The summed E-state index contributed by atoms with van der Waals surface area (Å²) in [5, 5.41) is 13.1. The standard InChI is InChI=1S/C18H23N3O6/c1-13(18(24)20-11-3-2-4-12-20)27-16(22)9-10-19-17(23)14-5-7-15(8-6-14)21(25)26/h5-8,13H,2-4,9-12H2,1H3,(H,19,23)/t13-/m1/s1. The van der Waals surface area contributed by atoms with Gasteiger partial charge in [0.05, 0.1) is 11.3 Å². The van der Waals surface area contributed by atoms with Gasteiger partial charge in [-0.3, -0.25) is 24.5 Å². The van der Waals surface area contributed by atoms with Crippen molar-refractivity contribution in [2.24, 2.45) is 0 Å². The van der Waals surface area contributed by atoms with E-state index in [4.69, 9.17) is 4.74 Å². The summed E-state index contributed by atoms with van der Waals surface area (Å²) in [7, 11) is 0. The van der Waals surface area contributed by atoms with Crippen LogP contribution in [0.25, 0.3) is 0 Å². The Morgan fingerprint density at radius 2 is 1.81 bits per heavy atom. The molecule has 9 heteroatoms. The van der Waals surface area contributed by atoms with Gasteiger partial charge in [0.25, 0.3) is 17.5 Å². The van der Waals surface area contributed by atoms with E-state index in [1.54, 1.807) is 11.8 Å². The molecule has 1 aliphatic heterocycles. The second-order valence-electron chi connectivity index (χ2n) is 6.33. The Morgan fingerprint density at radius 1 is 1.19 bits per heavy atom. The van der Waals surface area contributed by atoms with Crippen LogP contribution in [0.3, 0.4) is 0 Å². The van der Waals surface area contributed by atoms with Gasteiger partial charge in [-0.25, -0.2) is 0 Å². The van der Waals surface area contributed by atoms with Gasteiger partial charge in [0, 0.05) is 37.3 Å². The van der Waals surface area contributed by atoms with Gasteiger partial charge < -0.3 is 15.0 Å². The number of rotatable bonds is 7. The van der Waals surface area contributed by atoms with Gasteiger partial charge in [0.15, 0.2) is 6.10 Å². The number of nitro groups is 1. The number of hydrogen-bond acceptors (Lipinski definition) is 6. The van der Waals surface area contributed by atoms with Crippen molar-refractivity contribution in [1.82, 2.24) is 10.2 Å². The highest BCUT2D eigenvalue weighted by molar-refractivity contribution is 5.94. The summed E-state index contributed by atoms with van der Waals surface area (Å²) in [6, 6.07) is 5.14. The van der Waals surface area contributed by atoms with E-state index in [2.05, 4.69) is 5.32 Å². The molecule has 1 aromatic rings. The number of nitrogens with one attached hydrogen (secondary N) is 1. The van der Waals surface area contributed by atoms with E-state index >= 15 is 0 Å². The minimum absolute atomic E-state index is 0.0410. The zero-order chi connectivity index (χ0) is 19.8. The van der Waals surface area contributed by atoms with E-state index in [1.165, 1.54) is 24.3 Å². The van der Waals surface area contributed by atoms with Crippen LogP contribution >= 0.6 is 0 Å². The molecule has 146 valence electrons. The molecule has 1 atom stereocenters. The summed E-state index contributed by atoms with van der Waals surface area (Å²) in [6.45, 7) is 2.96. The molecule has 1 saturated heterocycles. The van der Waals surface area contributed by atoms with Crippen LogP contribution in [0.1, 0.15) is 43.0 Å². The van der Waals surface area contributed by atoms with E-state index < -0.39 is 22.9 Å². The van der Waals surface area contributed by atoms with Crippen molar-refractivity contribution in [2.75, 3.05) is 19.6 Å². The summed E-state index contributed by atoms with van der Waals surface area (Å²) in [6.07, 6.45) is 2.10. The fraction of sp³-hybridized carbons (Fsp3) is 0.500. The fourth-order valence-corrected chi connectivity index (χ4v) is 2.79. The van der Waals surface area contributed by atoms with Crippen LogP contribution in [0, 0.1) is 10.1 Å². The number of piperidine rings is 1. The third-order valence-corrected chi connectivity index (χ3v) is 4.28. The van der Waals surface area contributed by atoms with Crippen molar-refractivity contribution in [2.45, 2.75) is 38.7 Å². The Morgan fingerprint density at radius 3 is 2.41 bits per heavy atom. The molecule has 1 N–H and O–H groups in total. The predicted molar refractivity (Wildman–Crippen MR) is 96.0 cm³/mol. The van der Waals surface area contributed by atoms with Crippen molar-refractivity contribution in [1.29, 1.82) is 0 Å². The highest BCUT2D eigenvalue weighted by atomic mass is 16.6. The maximum atomic E-state index is 12.2. The first kappa shape index (κ1) is 20.3. The topological polar surface area (TPSA) is 119 Å². The monoisotopic (exact) mass is 377 g/mol. The van der Waals surface area contributed by atoms with Crippen molar-refractivity contribution in [3.05, 3.63) is 39.9 Å². The highest BCUT2D eigenvalue weighted by Crippen LogP contribution is 2.12. The van der Waals surface area contributed by atoms with Gasteiger partial charge in [-0.2, -0.15) is 0 Å². The van der Waals surface area contributed by atoms with Crippen molar-refractivity contribution in [3.8, 4) is 0 Å². The van der Waals surface area contributed by atoms with Crippen LogP contribution in [0.5, 0.6) is 0 Å². The third-order valence-electron chi connectivity index (χ3n) is 4.28. The molecule has 27 heavy (non-hydrogen) atoms. The third kappa shape index (κ3) is 6.05. The lowest BCUT2D eigenvalue weighted by Gasteiger charge is -2.28. The van der Waals surface area contributed by atoms with Crippen LogP contribution in [0.15, 0.2) is 24.3 Å². The van der Waals surface area contributed by atoms with Crippen LogP contribution in [-0.4, -0.2) is 53.3 Å². The minimum atomic E-state index is -0.846. The Hall–Kier alpha value is -2.97. The molecule has 1 heterocycles. The van der Waals surface area contributed by atoms with Gasteiger partial charge in [-0.05, 0) is 38.3 Å². The van der Waals surface area contributed by atoms with Crippen LogP contribution < -0.4 is 5.32 Å². The van der Waals surface area contributed by atoms with Crippen molar-refractivity contribution in [3.63, 3.8) is 0 Å². The van der Waals surface area contributed by atoms with E-state index in [1.807, 2.05) is 0 Å². The van der Waals surface area contributed by atoms with Gasteiger partial charge in [0.1, 0.15) is 0 Å². The molecule has 0 spiro atoms. The smallest absolute Gasteiger partial charge is 0.308 e. The maximum absolute atomic E-state index is 12.2. The second kappa shape index (κ2) is 9.65. The van der Waals surface area contributed by atoms with E-state index in [0.717, 1.165) is 19.3 Å². The molecule has 0 bridgehead atoms. The fourth-order valence-electron chi connectivity index (χ4n) is 2.79. The molecule has 1 aromatic carbocycles. The number of hydrogen-bond donors (Lipinski definition) is 1. The number of amides is 2. The minimum Gasteiger partial charge on any atom is -0.452 e. The summed E-state index contributed by atoms with van der Waals surface area (Å²) in [4.78, 5) is 47.8. The molecular formula is C18H23N3O6. The SMILES string of the molecule is C[C@@H](OC(=O)CCNC(=O)c1ccc([N+](=O)[O-])cc1)C(=O)N1CCCCC1. The first-order chi connectivity index (χ1) is 12.9. The molecule has 9 nitrogen and oxygen atoms in total. The average Bonchev–Trinajstić information content (AvgIpc) is 2.67. The maximum Gasteiger partial charge on any atom is 0.308 e. The van der Waals surface area contributed by atoms with Gasteiger partial charge in [-0.1, -0.05) is 0 Å². The van der Waals surface area contributed by atoms with Gasteiger partial charge in [-0.15, -0.1) is 0 Å². The number of carbonyl (C=O) groups is 3. The number of likely N-dealkylation sites (tertiary alicyclic amines) is 1. The Labute approximate surface area is 156 Å². The highest BCUT2D eigenvalue weighted by Gasteiger charge is 2.24. The van der Waals surface area contributed by atoms with Gasteiger partial charge >= 0.3 is 5.97 Å². The first-order valence-corrected chi connectivity index (χ1v) is 8.89. The van der Waals surface area contributed by atoms with E-state index in [9.17, 15) is 24.5 Å². The Balaban J connectivity index is 1.72. The molecule has 2 rings (SSSR count). The summed E-state index contributed by atoms with van der Waals surface area (Å²) < 4.78 is 5.14. The zero-order valence-corrected chi connectivity index (χ0v) is 15.2. The number of nitrogens with zero attached hydrogens (tertiary/aromatic N) is 2. The number of benzene rings is 1. The zero-order valence-electron chi connectivity index (χ0n) is 15.2. The summed E-state index contributed by atoms with van der Waals surface area (Å²) in [5.41, 5.74) is 0.144. The average molecular weight is 377 g/mol. The van der Waals surface area contributed by atoms with E-state index in [0.29, 0.717) is 13.1 Å². The lowest BCUT2D eigenvalue weighted by Crippen LogP contribution is -2.42. The Kier molecular flexibility index (Phi) is 7.27. The number of ether oxygens (including phenoxy) is 1. The van der Waals surface area contributed by atoms with Crippen LogP contribution in [0.2, 0.25) is 0 Å². The van der Waals surface area contributed by atoms with Gasteiger partial charge in [0.2, 0.25) is 0 Å². The van der Waals surface area contributed by atoms with Crippen LogP contribution in [-0.2, 0) is 14.3 Å². The predicted octanol–water partition coefficient (Wildman–Crippen LogP) is 1.66. The molecule has 0 unspecified atom stereocenters. The molecule has 1 aliphatic rings. The van der Waals surface area contributed by atoms with Crippen molar-refractivity contribution < 1.29 is 24.0 Å². The number of nitro benzene ring substituents is 1. The number of carbonyl (C=O) groups excluding carboxylic acids is 3.